The quantitative estimate of drug-likeness (QED) is 0.860. The van der Waals surface area contributed by atoms with Crippen LogP contribution in [-0.4, -0.2) is 53.8 Å². The molecular weight excluding hydrogens is 230 g/mol. The maximum atomic E-state index is 5.83. The van der Waals surface area contributed by atoms with Gasteiger partial charge in [-0.3, -0.25) is 4.90 Å². The van der Waals surface area contributed by atoms with Gasteiger partial charge in [-0.1, -0.05) is 0 Å². The van der Waals surface area contributed by atoms with Gasteiger partial charge in [0.2, 0.25) is 0 Å². The fraction of sp³-hybridized carbons (Fsp3) is 0.769. The van der Waals surface area contributed by atoms with Crippen LogP contribution in [0.1, 0.15) is 30.5 Å². The summed E-state index contributed by atoms with van der Waals surface area (Å²) in [5, 5.41) is 0. The summed E-state index contributed by atoms with van der Waals surface area (Å²) in [6, 6.07) is 0.654. The van der Waals surface area contributed by atoms with Crippen LogP contribution in [0.25, 0.3) is 0 Å². The molecule has 1 N–H and O–H groups in total. The lowest BCUT2D eigenvalue weighted by Crippen LogP contribution is -2.47. The van der Waals surface area contributed by atoms with Crippen LogP contribution in [0.3, 0.4) is 0 Å². The molecular formula is C13H21N3O2. The van der Waals surface area contributed by atoms with Crippen molar-refractivity contribution in [2.24, 2.45) is 0 Å². The topological polar surface area (TPSA) is 50.4 Å². The fourth-order valence-corrected chi connectivity index (χ4v) is 2.81. The van der Waals surface area contributed by atoms with Crippen molar-refractivity contribution in [2.45, 2.75) is 31.9 Å². The molecule has 0 saturated carbocycles. The van der Waals surface area contributed by atoms with Gasteiger partial charge in [0.1, 0.15) is 11.9 Å². The van der Waals surface area contributed by atoms with Crippen molar-refractivity contribution < 1.29 is 9.47 Å². The number of aryl methyl sites for hydroxylation is 1. The van der Waals surface area contributed by atoms with Gasteiger partial charge in [-0.15, -0.1) is 0 Å². The summed E-state index contributed by atoms with van der Waals surface area (Å²) in [6.45, 7) is 6.58. The van der Waals surface area contributed by atoms with Gasteiger partial charge in [0.15, 0.2) is 0 Å². The molecule has 0 amide bonds. The Kier molecular flexibility index (Phi) is 3.63. The van der Waals surface area contributed by atoms with Crippen molar-refractivity contribution in [1.82, 2.24) is 14.9 Å². The first-order valence-electron chi connectivity index (χ1n) is 6.78. The molecule has 2 saturated heterocycles. The van der Waals surface area contributed by atoms with E-state index in [1.807, 2.05) is 13.1 Å². The summed E-state index contributed by atoms with van der Waals surface area (Å²) >= 11 is 0. The summed E-state index contributed by atoms with van der Waals surface area (Å²) in [6.07, 6.45) is 4.25. The van der Waals surface area contributed by atoms with Gasteiger partial charge in [-0.25, -0.2) is 4.98 Å². The van der Waals surface area contributed by atoms with Crippen molar-refractivity contribution in [3.8, 4) is 0 Å². The second-order valence-electron chi connectivity index (χ2n) is 5.15. The molecule has 3 rings (SSSR count). The molecule has 0 bridgehead atoms. The van der Waals surface area contributed by atoms with E-state index in [0.29, 0.717) is 6.04 Å². The number of hydrogen-bond donors (Lipinski definition) is 1. The molecule has 2 fully saturated rings. The molecule has 0 radical (unpaired) electrons. The summed E-state index contributed by atoms with van der Waals surface area (Å²) in [5.74, 6) is 0.962. The van der Waals surface area contributed by atoms with Gasteiger partial charge in [0.25, 0.3) is 0 Å². The molecule has 0 aromatic carbocycles. The third kappa shape index (κ3) is 2.58. The van der Waals surface area contributed by atoms with Gasteiger partial charge in [0.05, 0.1) is 6.61 Å². The van der Waals surface area contributed by atoms with E-state index in [1.54, 1.807) is 0 Å². The zero-order valence-corrected chi connectivity index (χ0v) is 10.9. The zero-order valence-electron chi connectivity index (χ0n) is 10.9. The molecule has 1 aromatic heterocycles. The Balaban J connectivity index is 1.64. The van der Waals surface area contributed by atoms with Gasteiger partial charge in [-0.05, 0) is 19.8 Å². The fourth-order valence-electron chi connectivity index (χ4n) is 2.81. The summed E-state index contributed by atoms with van der Waals surface area (Å²) in [5.41, 5.74) is 1.09. The van der Waals surface area contributed by atoms with Gasteiger partial charge < -0.3 is 14.5 Å². The van der Waals surface area contributed by atoms with Crippen molar-refractivity contribution in [2.75, 3.05) is 32.9 Å². The highest BCUT2D eigenvalue weighted by molar-refractivity contribution is 5.03. The van der Waals surface area contributed by atoms with Crippen LogP contribution in [0.5, 0.6) is 0 Å². The number of morpholine rings is 1. The highest BCUT2D eigenvalue weighted by Crippen LogP contribution is 2.24. The van der Waals surface area contributed by atoms with Crippen LogP contribution in [0, 0.1) is 6.92 Å². The first-order valence-corrected chi connectivity index (χ1v) is 6.78. The molecule has 5 nitrogen and oxygen atoms in total. The van der Waals surface area contributed by atoms with E-state index in [2.05, 4.69) is 14.9 Å². The Morgan fingerprint density at radius 1 is 1.33 bits per heavy atom. The van der Waals surface area contributed by atoms with Crippen LogP contribution >= 0.6 is 0 Å². The second-order valence-corrected chi connectivity index (χ2v) is 5.15. The first kappa shape index (κ1) is 12.1. The number of imidazole rings is 1. The van der Waals surface area contributed by atoms with Gasteiger partial charge >= 0.3 is 0 Å². The molecule has 1 atom stereocenters. The van der Waals surface area contributed by atoms with E-state index in [9.17, 15) is 0 Å². The lowest BCUT2D eigenvalue weighted by atomic mass is 10.1. The molecule has 18 heavy (non-hydrogen) atoms. The average molecular weight is 251 g/mol. The van der Waals surface area contributed by atoms with Crippen molar-refractivity contribution >= 4 is 0 Å². The number of ether oxygens (including phenoxy) is 2. The molecule has 0 unspecified atom stereocenters. The van der Waals surface area contributed by atoms with Crippen LogP contribution in [0.2, 0.25) is 0 Å². The summed E-state index contributed by atoms with van der Waals surface area (Å²) in [7, 11) is 0. The smallest absolute Gasteiger partial charge is 0.136 e. The molecule has 2 aliphatic heterocycles. The number of nitrogens with one attached hydrogen (secondary N) is 1. The van der Waals surface area contributed by atoms with E-state index in [-0.39, 0.29) is 6.10 Å². The van der Waals surface area contributed by atoms with Crippen LogP contribution < -0.4 is 0 Å². The molecule has 1 aromatic rings. The Morgan fingerprint density at radius 3 is 2.89 bits per heavy atom. The average Bonchev–Trinajstić information content (AvgIpc) is 2.87. The molecule has 5 heteroatoms. The number of H-pyrrole nitrogens is 1. The van der Waals surface area contributed by atoms with Gasteiger partial charge in [0, 0.05) is 44.2 Å². The summed E-state index contributed by atoms with van der Waals surface area (Å²) < 4.78 is 11.3. The van der Waals surface area contributed by atoms with E-state index < -0.39 is 0 Å². The molecule has 0 aliphatic carbocycles. The Hall–Kier alpha value is -0.910. The maximum Gasteiger partial charge on any atom is 0.136 e. The zero-order chi connectivity index (χ0) is 12.4. The number of hydrogen-bond acceptors (Lipinski definition) is 4. The van der Waals surface area contributed by atoms with E-state index in [4.69, 9.17) is 9.47 Å². The standard InChI is InChI=1S/C13H21N3O2/c1-10-8-14-13(15-10)12-9-16(4-7-18-12)11-2-5-17-6-3-11/h8,11-12H,2-7,9H2,1H3,(H,14,15)/t12-/m0/s1. The predicted molar refractivity (Wildman–Crippen MR) is 67.4 cm³/mol. The molecule has 3 heterocycles. The predicted octanol–water partition coefficient (Wildman–Crippen LogP) is 1.27. The number of nitrogens with zero attached hydrogens (tertiary/aromatic N) is 2. The summed E-state index contributed by atoms with van der Waals surface area (Å²) in [4.78, 5) is 10.2. The third-order valence-corrected chi connectivity index (χ3v) is 3.83. The van der Waals surface area contributed by atoms with E-state index in [0.717, 1.165) is 57.3 Å². The minimum absolute atomic E-state index is 0.0929. The van der Waals surface area contributed by atoms with Crippen molar-refractivity contribution in [1.29, 1.82) is 0 Å². The molecule has 2 aliphatic rings. The Morgan fingerprint density at radius 2 is 2.17 bits per heavy atom. The van der Waals surface area contributed by atoms with Crippen LogP contribution in [0.4, 0.5) is 0 Å². The first-order chi connectivity index (χ1) is 8.83. The molecule has 0 spiro atoms. The largest absolute Gasteiger partial charge is 0.381 e. The van der Waals surface area contributed by atoms with E-state index in [1.165, 1.54) is 0 Å². The number of rotatable bonds is 2. The van der Waals surface area contributed by atoms with Crippen molar-refractivity contribution in [3.05, 3.63) is 17.7 Å². The Labute approximate surface area is 107 Å². The molecule has 100 valence electrons. The lowest BCUT2D eigenvalue weighted by Gasteiger charge is -2.39. The number of aromatic amines is 1. The van der Waals surface area contributed by atoms with Crippen molar-refractivity contribution in [3.63, 3.8) is 0 Å². The highest BCUT2D eigenvalue weighted by atomic mass is 16.5. The Bertz CT molecular complexity index is 387. The minimum atomic E-state index is 0.0929. The van der Waals surface area contributed by atoms with Gasteiger partial charge in [-0.2, -0.15) is 0 Å². The lowest BCUT2D eigenvalue weighted by molar-refractivity contribution is -0.0660. The van der Waals surface area contributed by atoms with Crippen LogP contribution in [-0.2, 0) is 9.47 Å². The monoisotopic (exact) mass is 251 g/mol. The number of aromatic nitrogens is 2. The minimum Gasteiger partial charge on any atom is -0.381 e. The van der Waals surface area contributed by atoms with Crippen LogP contribution in [0.15, 0.2) is 6.20 Å². The normalized spacial score (nSPS) is 27.5. The van der Waals surface area contributed by atoms with E-state index >= 15 is 0 Å². The third-order valence-electron chi connectivity index (χ3n) is 3.83. The second kappa shape index (κ2) is 5.38. The maximum absolute atomic E-state index is 5.83. The highest BCUT2D eigenvalue weighted by Gasteiger charge is 2.29. The SMILES string of the molecule is Cc1cnc([C@@H]2CN(C3CCOCC3)CCO2)[nH]1.